The van der Waals surface area contributed by atoms with Crippen LogP contribution in [0.5, 0.6) is 0 Å². The highest BCUT2D eigenvalue weighted by atomic mass is 32.3. The van der Waals surface area contributed by atoms with Crippen molar-refractivity contribution in [3.05, 3.63) is 0 Å². The van der Waals surface area contributed by atoms with E-state index in [1.807, 2.05) is 0 Å². The molecule has 0 saturated heterocycles. The minimum Gasteiger partial charge on any atom is -0.459 e. The second-order valence-electron chi connectivity index (χ2n) is 6.11. The van der Waals surface area contributed by atoms with E-state index < -0.39 is 59.2 Å². The van der Waals surface area contributed by atoms with Gasteiger partial charge < -0.3 is 4.74 Å². The van der Waals surface area contributed by atoms with Gasteiger partial charge in [-0.2, -0.15) is 26.3 Å². The zero-order valence-electron chi connectivity index (χ0n) is 14.1. The average molecular weight is 436 g/mol. The fraction of sp³-hybridized carbons (Fsp3) is 0.917. The SMILES string of the molecule is CCC(C)C(=O)OC(C)(C)CC(S(=O)(=O)C(F)(F)F)S(=O)(=O)C(F)(F)F. The van der Waals surface area contributed by atoms with Gasteiger partial charge in [-0.15, -0.1) is 0 Å². The molecule has 6 nitrogen and oxygen atoms in total. The molecule has 0 aliphatic rings. The summed E-state index contributed by atoms with van der Waals surface area (Å²) in [5, 5.41) is 0. The molecule has 0 aromatic carbocycles. The maximum atomic E-state index is 12.7. The van der Waals surface area contributed by atoms with Crippen molar-refractivity contribution in [2.45, 2.75) is 61.7 Å². The van der Waals surface area contributed by atoms with Gasteiger partial charge in [-0.25, -0.2) is 16.8 Å². The molecule has 0 amide bonds. The number of carbonyl (C=O) groups is 1. The van der Waals surface area contributed by atoms with Crippen LogP contribution in [-0.4, -0.2) is 44.0 Å². The van der Waals surface area contributed by atoms with Crippen LogP contribution in [0.15, 0.2) is 0 Å². The van der Waals surface area contributed by atoms with Crippen LogP contribution in [0.25, 0.3) is 0 Å². The summed E-state index contributed by atoms with van der Waals surface area (Å²) in [6.07, 6.45) is -1.53. The summed E-state index contributed by atoms with van der Waals surface area (Å²) in [4.78, 5) is 11.7. The van der Waals surface area contributed by atoms with Gasteiger partial charge in [0, 0.05) is 6.42 Å². The van der Waals surface area contributed by atoms with Crippen molar-refractivity contribution in [2.75, 3.05) is 0 Å². The Kier molecular flexibility index (Phi) is 7.22. The molecular formula is C12H18F6O6S2. The zero-order chi connectivity index (χ0) is 21.4. The smallest absolute Gasteiger partial charge is 0.459 e. The van der Waals surface area contributed by atoms with Gasteiger partial charge in [-0.1, -0.05) is 13.8 Å². The van der Waals surface area contributed by atoms with Gasteiger partial charge in [-0.05, 0) is 20.3 Å². The number of esters is 1. The van der Waals surface area contributed by atoms with Crippen LogP contribution >= 0.6 is 0 Å². The molecule has 0 radical (unpaired) electrons. The van der Waals surface area contributed by atoms with Crippen LogP contribution in [0.1, 0.15) is 40.5 Å². The van der Waals surface area contributed by atoms with Crippen LogP contribution in [0.2, 0.25) is 0 Å². The molecule has 0 spiro atoms. The highest BCUT2D eigenvalue weighted by Gasteiger charge is 2.64. The van der Waals surface area contributed by atoms with E-state index in [9.17, 15) is 48.0 Å². The maximum absolute atomic E-state index is 12.7. The first kappa shape index (κ1) is 24.9. The van der Waals surface area contributed by atoms with Crippen molar-refractivity contribution in [3.8, 4) is 0 Å². The van der Waals surface area contributed by atoms with Crippen LogP contribution in [-0.2, 0) is 29.2 Å². The Balaban J connectivity index is 6.14. The minimum absolute atomic E-state index is 0.222. The molecule has 0 aromatic heterocycles. The summed E-state index contributed by atoms with van der Waals surface area (Å²) in [5.41, 5.74) is -14.7. The van der Waals surface area contributed by atoms with E-state index in [1.165, 1.54) is 6.92 Å². The van der Waals surface area contributed by atoms with Crippen molar-refractivity contribution >= 4 is 25.6 Å². The zero-order valence-corrected chi connectivity index (χ0v) is 15.7. The Bertz CT molecular complexity index is 676. The summed E-state index contributed by atoms with van der Waals surface area (Å²) >= 11 is 0. The van der Waals surface area contributed by atoms with Crippen molar-refractivity contribution < 1.29 is 52.7 Å². The third kappa shape index (κ3) is 5.47. The molecule has 0 fully saturated rings. The molecule has 0 N–H and O–H groups in total. The molecule has 0 aliphatic carbocycles. The second kappa shape index (κ2) is 7.52. The first-order chi connectivity index (χ1) is 11.2. The van der Waals surface area contributed by atoms with E-state index in [0.717, 1.165) is 13.8 Å². The standard InChI is InChI=1S/C12H18F6O6S2/c1-5-7(2)9(19)24-10(3,4)6-8(25(20,21)11(13,14)15)26(22,23)12(16,17)18/h7-8H,5-6H2,1-4H3. The van der Waals surface area contributed by atoms with Crippen molar-refractivity contribution in [1.82, 2.24) is 0 Å². The number of sulfone groups is 2. The summed E-state index contributed by atoms with van der Waals surface area (Å²) in [5.74, 6) is -1.81. The first-order valence-corrected chi connectivity index (χ1v) is 10.1. The Morgan fingerprint density at radius 3 is 1.54 bits per heavy atom. The van der Waals surface area contributed by atoms with Crippen molar-refractivity contribution in [1.29, 1.82) is 0 Å². The molecule has 1 atom stereocenters. The lowest BCUT2D eigenvalue weighted by atomic mass is 10.1. The van der Waals surface area contributed by atoms with Crippen molar-refractivity contribution in [2.24, 2.45) is 5.92 Å². The number of hydrogen-bond acceptors (Lipinski definition) is 6. The molecular weight excluding hydrogens is 418 g/mol. The Labute approximate surface area is 146 Å². The van der Waals surface area contributed by atoms with Gasteiger partial charge in [0.25, 0.3) is 19.7 Å². The predicted octanol–water partition coefficient (Wildman–Crippen LogP) is 2.94. The summed E-state index contributed by atoms with van der Waals surface area (Å²) in [6.45, 7) is 4.54. The molecule has 0 heterocycles. The maximum Gasteiger partial charge on any atom is 0.498 e. The topological polar surface area (TPSA) is 94.6 Å². The lowest BCUT2D eigenvalue weighted by Crippen LogP contribution is -2.49. The third-order valence-corrected chi connectivity index (χ3v) is 7.92. The van der Waals surface area contributed by atoms with E-state index in [4.69, 9.17) is 4.74 Å². The fourth-order valence-corrected chi connectivity index (χ4v) is 5.49. The minimum atomic E-state index is -6.77. The number of halogens is 6. The number of carbonyl (C=O) groups excluding carboxylic acids is 1. The van der Waals surface area contributed by atoms with Crippen LogP contribution in [0.4, 0.5) is 26.3 Å². The monoisotopic (exact) mass is 436 g/mol. The number of hydrogen-bond donors (Lipinski definition) is 0. The molecule has 0 bridgehead atoms. The quantitative estimate of drug-likeness (QED) is 0.450. The van der Waals surface area contributed by atoms with Crippen LogP contribution in [0.3, 0.4) is 0 Å². The highest BCUT2D eigenvalue weighted by Crippen LogP contribution is 2.40. The van der Waals surface area contributed by atoms with Gasteiger partial charge in [0.1, 0.15) is 5.60 Å². The summed E-state index contributed by atoms with van der Waals surface area (Å²) < 4.78 is 123. The normalized spacial score (nSPS) is 15.8. The molecule has 26 heavy (non-hydrogen) atoms. The largest absolute Gasteiger partial charge is 0.498 e. The molecule has 0 saturated carbocycles. The third-order valence-electron chi connectivity index (χ3n) is 3.39. The van der Waals surface area contributed by atoms with Gasteiger partial charge in [0.15, 0.2) is 4.58 Å². The molecule has 14 heteroatoms. The van der Waals surface area contributed by atoms with E-state index in [2.05, 4.69) is 0 Å². The highest BCUT2D eigenvalue weighted by molar-refractivity contribution is 8.09. The lowest BCUT2D eigenvalue weighted by Gasteiger charge is -2.30. The Morgan fingerprint density at radius 2 is 1.27 bits per heavy atom. The fourth-order valence-electron chi connectivity index (χ4n) is 1.67. The van der Waals surface area contributed by atoms with Gasteiger partial charge in [0.05, 0.1) is 5.92 Å². The van der Waals surface area contributed by atoms with E-state index in [1.54, 1.807) is 6.92 Å². The number of rotatable bonds is 7. The Hall–Kier alpha value is -1.05. The van der Waals surface area contributed by atoms with Gasteiger partial charge >= 0.3 is 17.0 Å². The second-order valence-corrected chi connectivity index (χ2v) is 10.6. The van der Waals surface area contributed by atoms with Crippen molar-refractivity contribution in [3.63, 3.8) is 0 Å². The van der Waals surface area contributed by atoms with E-state index in [0.29, 0.717) is 0 Å². The van der Waals surface area contributed by atoms with Crippen LogP contribution in [0, 0.1) is 5.92 Å². The Morgan fingerprint density at radius 1 is 0.923 bits per heavy atom. The van der Waals surface area contributed by atoms with E-state index in [-0.39, 0.29) is 6.42 Å². The number of alkyl halides is 6. The van der Waals surface area contributed by atoms with Gasteiger partial charge in [-0.3, -0.25) is 4.79 Å². The predicted molar refractivity (Wildman–Crippen MR) is 78.0 cm³/mol. The molecule has 0 aromatic rings. The first-order valence-electron chi connectivity index (χ1n) is 7.04. The molecule has 156 valence electrons. The van der Waals surface area contributed by atoms with Crippen LogP contribution < -0.4 is 0 Å². The van der Waals surface area contributed by atoms with Gasteiger partial charge in [0.2, 0.25) is 0 Å². The molecule has 1 unspecified atom stereocenters. The molecule has 0 aliphatic heterocycles. The summed E-state index contributed by atoms with van der Waals surface area (Å²) in [6, 6.07) is 0. The summed E-state index contributed by atoms with van der Waals surface area (Å²) in [7, 11) is -13.5. The van der Waals surface area contributed by atoms with E-state index >= 15 is 0 Å². The molecule has 0 rings (SSSR count). The lowest BCUT2D eigenvalue weighted by molar-refractivity contribution is -0.161. The average Bonchev–Trinajstić information content (AvgIpc) is 2.40. The number of ether oxygens (including phenoxy) is 1.